The van der Waals surface area contributed by atoms with Crippen LogP contribution >= 0.6 is 0 Å². The molecule has 0 atom stereocenters. The fourth-order valence-electron chi connectivity index (χ4n) is 2.78. The Morgan fingerprint density at radius 3 is 2.76 bits per heavy atom. The van der Waals surface area contributed by atoms with Gasteiger partial charge in [0, 0.05) is 25.1 Å². The lowest BCUT2D eigenvalue weighted by molar-refractivity contribution is -0.0412. The molecule has 0 saturated carbocycles. The van der Waals surface area contributed by atoms with Crippen LogP contribution in [0.2, 0.25) is 0 Å². The predicted molar refractivity (Wildman–Crippen MR) is 78.4 cm³/mol. The van der Waals surface area contributed by atoms with Crippen LogP contribution in [0, 0.1) is 0 Å². The molecule has 2 N–H and O–H groups in total. The maximum Gasteiger partial charge on any atom is 0.252 e. The van der Waals surface area contributed by atoms with Crippen LogP contribution < -0.4 is 10.6 Å². The van der Waals surface area contributed by atoms with Crippen LogP contribution in [0.25, 0.3) is 0 Å². The standard InChI is InChI=1S/C15H21N3O3/c1-15(2)8-12-10(9-21-15)7-11(13(16)19)14(17-12)18-3-5-20-6-4-18/h7H,3-6,8-9H2,1-2H3,(H2,16,19). The number of morpholine rings is 1. The van der Waals surface area contributed by atoms with Crippen molar-refractivity contribution < 1.29 is 14.3 Å². The minimum Gasteiger partial charge on any atom is -0.378 e. The number of hydrogen-bond donors (Lipinski definition) is 1. The lowest BCUT2D eigenvalue weighted by atomic mass is 9.95. The second kappa shape index (κ2) is 5.27. The molecule has 6 nitrogen and oxygen atoms in total. The van der Waals surface area contributed by atoms with Crippen LogP contribution in [0.15, 0.2) is 6.07 Å². The van der Waals surface area contributed by atoms with E-state index in [-0.39, 0.29) is 5.60 Å². The first-order valence-corrected chi connectivity index (χ1v) is 7.25. The zero-order valence-electron chi connectivity index (χ0n) is 12.5. The molecule has 3 rings (SSSR count). The fraction of sp³-hybridized carbons (Fsp3) is 0.600. The largest absolute Gasteiger partial charge is 0.378 e. The van der Waals surface area contributed by atoms with Gasteiger partial charge in [-0.3, -0.25) is 4.79 Å². The van der Waals surface area contributed by atoms with Crippen molar-refractivity contribution in [3.8, 4) is 0 Å². The van der Waals surface area contributed by atoms with Crippen molar-refractivity contribution in [1.29, 1.82) is 0 Å². The van der Waals surface area contributed by atoms with Gasteiger partial charge in [0.25, 0.3) is 5.91 Å². The molecular weight excluding hydrogens is 270 g/mol. The highest BCUT2D eigenvalue weighted by molar-refractivity contribution is 5.98. The molecule has 21 heavy (non-hydrogen) atoms. The lowest BCUT2D eigenvalue weighted by Crippen LogP contribution is -2.39. The molecule has 0 spiro atoms. The van der Waals surface area contributed by atoms with Crippen molar-refractivity contribution in [3.63, 3.8) is 0 Å². The highest BCUT2D eigenvalue weighted by atomic mass is 16.5. The summed E-state index contributed by atoms with van der Waals surface area (Å²) < 4.78 is 11.1. The monoisotopic (exact) mass is 291 g/mol. The summed E-state index contributed by atoms with van der Waals surface area (Å²) >= 11 is 0. The molecular formula is C15H21N3O3. The molecule has 1 fully saturated rings. The van der Waals surface area contributed by atoms with Gasteiger partial charge in [-0.05, 0) is 19.9 Å². The number of aromatic nitrogens is 1. The van der Waals surface area contributed by atoms with E-state index >= 15 is 0 Å². The van der Waals surface area contributed by atoms with Crippen molar-refractivity contribution >= 4 is 11.7 Å². The summed E-state index contributed by atoms with van der Waals surface area (Å²) in [6.07, 6.45) is 0.735. The average molecular weight is 291 g/mol. The number of ether oxygens (including phenoxy) is 2. The number of amides is 1. The minimum atomic E-state index is -0.448. The van der Waals surface area contributed by atoms with E-state index in [2.05, 4.69) is 4.90 Å². The number of hydrogen-bond acceptors (Lipinski definition) is 5. The van der Waals surface area contributed by atoms with E-state index in [4.69, 9.17) is 20.2 Å². The normalized spacial score (nSPS) is 21.0. The van der Waals surface area contributed by atoms with Crippen molar-refractivity contribution in [3.05, 3.63) is 22.9 Å². The number of pyridine rings is 1. The number of carbonyl (C=O) groups excluding carboxylic acids is 1. The Labute approximate surface area is 124 Å². The average Bonchev–Trinajstić information content (AvgIpc) is 2.45. The Kier molecular flexibility index (Phi) is 3.59. The van der Waals surface area contributed by atoms with Gasteiger partial charge in [0.15, 0.2) is 0 Å². The summed E-state index contributed by atoms with van der Waals surface area (Å²) in [4.78, 5) is 18.6. The van der Waals surface area contributed by atoms with Crippen LogP contribution in [0.4, 0.5) is 5.82 Å². The fourth-order valence-corrected chi connectivity index (χ4v) is 2.78. The van der Waals surface area contributed by atoms with Crippen LogP contribution in [0.5, 0.6) is 0 Å². The Balaban J connectivity index is 2.02. The summed E-state index contributed by atoms with van der Waals surface area (Å²) in [6.45, 7) is 7.32. The van der Waals surface area contributed by atoms with E-state index in [0.717, 1.165) is 30.8 Å². The third kappa shape index (κ3) is 2.87. The van der Waals surface area contributed by atoms with Crippen LogP contribution in [0.1, 0.15) is 35.5 Å². The minimum absolute atomic E-state index is 0.226. The highest BCUT2D eigenvalue weighted by Crippen LogP contribution is 2.30. The summed E-state index contributed by atoms with van der Waals surface area (Å²) in [6, 6.07) is 1.84. The van der Waals surface area contributed by atoms with Gasteiger partial charge in [0.2, 0.25) is 0 Å². The molecule has 1 saturated heterocycles. The van der Waals surface area contributed by atoms with Crippen LogP contribution in [-0.2, 0) is 22.5 Å². The molecule has 0 radical (unpaired) electrons. The van der Waals surface area contributed by atoms with Gasteiger partial charge in [-0.1, -0.05) is 0 Å². The van der Waals surface area contributed by atoms with E-state index in [1.165, 1.54) is 0 Å². The zero-order valence-corrected chi connectivity index (χ0v) is 12.5. The topological polar surface area (TPSA) is 77.7 Å². The summed E-state index contributed by atoms with van der Waals surface area (Å²) in [5.41, 5.74) is 7.73. The number of nitrogens with zero attached hydrogens (tertiary/aromatic N) is 2. The Hall–Kier alpha value is -1.66. The molecule has 0 aromatic carbocycles. The van der Waals surface area contributed by atoms with E-state index in [1.807, 2.05) is 19.9 Å². The molecule has 114 valence electrons. The Morgan fingerprint density at radius 1 is 1.38 bits per heavy atom. The number of fused-ring (bicyclic) bond motifs is 1. The number of anilines is 1. The third-order valence-electron chi connectivity index (χ3n) is 3.96. The molecule has 2 aliphatic rings. The third-order valence-corrected chi connectivity index (χ3v) is 3.96. The number of primary amides is 1. The molecule has 0 aliphatic carbocycles. The maximum absolute atomic E-state index is 11.8. The summed E-state index contributed by atoms with van der Waals surface area (Å²) in [5.74, 6) is 0.235. The van der Waals surface area contributed by atoms with Gasteiger partial charge in [-0.2, -0.15) is 0 Å². The summed E-state index contributed by atoms with van der Waals surface area (Å²) in [5, 5.41) is 0. The molecule has 0 bridgehead atoms. The number of rotatable bonds is 2. The molecule has 6 heteroatoms. The van der Waals surface area contributed by atoms with Gasteiger partial charge in [0.05, 0.1) is 36.7 Å². The molecule has 3 heterocycles. The maximum atomic E-state index is 11.8. The second-order valence-electron chi connectivity index (χ2n) is 6.15. The molecule has 1 amide bonds. The van der Waals surface area contributed by atoms with Crippen molar-refractivity contribution in [1.82, 2.24) is 4.98 Å². The van der Waals surface area contributed by atoms with Gasteiger partial charge in [-0.25, -0.2) is 4.98 Å². The smallest absolute Gasteiger partial charge is 0.252 e. The molecule has 1 aromatic rings. The number of nitrogens with two attached hydrogens (primary N) is 1. The predicted octanol–water partition coefficient (Wildman–Crippen LogP) is 0.868. The quantitative estimate of drug-likeness (QED) is 0.874. The van der Waals surface area contributed by atoms with Crippen molar-refractivity contribution in [2.75, 3.05) is 31.2 Å². The lowest BCUT2D eigenvalue weighted by Gasteiger charge is -2.34. The van der Waals surface area contributed by atoms with E-state index in [9.17, 15) is 4.79 Å². The Morgan fingerprint density at radius 2 is 2.10 bits per heavy atom. The van der Waals surface area contributed by atoms with Crippen LogP contribution in [-0.4, -0.2) is 42.8 Å². The van der Waals surface area contributed by atoms with Crippen molar-refractivity contribution in [2.24, 2.45) is 5.73 Å². The first-order chi connectivity index (χ1) is 9.96. The zero-order chi connectivity index (χ0) is 15.0. The highest BCUT2D eigenvalue weighted by Gasteiger charge is 2.30. The van der Waals surface area contributed by atoms with E-state index < -0.39 is 5.91 Å². The second-order valence-corrected chi connectivity index (χ2v) is 6.15. The molecule has 0 unspecified atom stereocenters. The first kappa shape index (κ1) is 14.3. The van der Waals surface area contributed by atoms with Gasteiger partial charge in [-0.15, -0.1) is 0 Å². The SMILES string of the molecule is CC1(C)Cc2nc(N3CCOCC3)c(C(N)=O)cc2CO1. The van der Waals surface area contributed by atoms with E-state index in [1.54, 1.807) is 0 Å². The summed E-state index contributed by atoms with van der Waals surface area (Å²) in [7, 11) is 0. The molecule has 1 aromatic heterocycles. The number of carbonyl (C=O) groups is 1. The van der Waals surface area contributed by atoms with Gasteiger partial charge in [0.1, 0.15) is 5.82 Å². The van der Waals surface area contributed by atoms with Crippen LogP contribution in [0.3, 0.4) is 0 Å². The molecule has 2 aliphatic heterocycles. The van der Waals surface area contributed by atoms with Gasteiger partial charge >= 0.3 is 0 Å². The first-order valence-electron chi connectivity index (χ1n) is 7.25. The Bertz CT molecular complexity index is 566. The van der Waals surface area contributed by atoms with E-state index in [0.29, 0.717) is 31.2 Å². The van der Waals surface area contributed by atoms with Crippen molar-refractivity contribution in [2.45, 2.75) is 32.5 Å². The van der Waals surface area contributed by atoms with Gasteiger partial charge < -0.3 is 20.1 Å².